The van der Waals surface area contributed by atoms with Gasteiger partial charge in [-0.1, -0.05) is 115 Å². The Labute approximate surface area is 181 Å². The Kier molecular flexibility index (Phi) is 6.01. The second kappa shape index (κ2) is 9.20. The maximum absolute atomic E-state index is 13.0. The highest BCUT2D eigenvalue weighted by Crippen LogP contribution is 2.29. The number of rotatable bonds is 6. The third kappa shape index (κ3) is 4.44. The van der Waals surface area contributed by atoms with E-state index in [0.29, 0.717) is 11.1 Å². The van der Waals surface area contributed by atoms with Crippen LogP contribution in [0.3, 0.4) is 0 Å². The first-order valence-electron chi connectivity index (χ1n) is 10.0. The molecule has 4 heteroatoms. The van der Waals surface area contributed by atoms with Crippen LogP contribution in [0, 0.1) is 0 Å². The van der Waals surface area contributed by atoms with E-state index in [-0.39, 0.29) is 0 Å². The summed E-state index contributed by atoms with van der Waals surface area (Å²) >= 11 is 0. The van der Waals surface area contributed by atoms with E-state index in [9.17, 15) is 9.90 Å². The van der Waals surface area contributed by atoms with Gasteiger partial charge in [0.25, 0.3) is 5.91 Å². The topological polar surface area (TPSA) is 61.7 Å². The van der Waals surface area contributed by atoms with Crippen LogP contribution in [0.4, 0.5) is 0 Å². The SMILES string of the molecule is O=C(N/N=C\c1ccc(-c2ccccc2)cc1)C(O)(c1ccccc1)c1ccccc1. The van der Waals surface area contributed by atoms with Gasteiger partial charge in [0.05, 0.1) is 6.21 Å². The van der Waals surface area contributed by atoms with Gasteiger partial charge in [0.1, 0.15) is 0 Å². The van der Waals surface area contributed by atoms with Gasteiger partial charge in [-0.15, -0.1) is 0 Å². The van der Waals surface area contributed by atoms with Crippen LogP contribution in [0.1, 0.15) is 16.7 Å². The smallest absolute Gasteiger partial charge is 0.281 e. The molecular weight excluding hydrogens is 384 g/mol. The molecular formula is C27H22N2O2. The van der Waals surface area contributed by atoms with Gasteiger partial charge in [-0.05, 0) is 27.8 Å². The van der Waals surface area contributed by atoms with Crippen LogP contribution in [0.25, 0.3) is 11.1 Å². The number of carbonyl (C=O) groups excluding carboxylic acids is 1. The predicted octanol–water partition coefficient (Wildman–Crippen LogP) is 4.74. The van der Waals surface area contributed by atoms with Crippen LogP contribution in [0.2, 0.25) is 0 Å². The summed E-state index contributed by atoms with van der Waals surface area (Å²) in [5.41, 5.74) is 4.66. The highest BCUT2D eigenvalue weighted by Gasteiger charge is 2.39. The van der Waals surface area contributed by atoms with Crippen molar-refractivity contribution >= 4 is 12.1 Å². The molecule has 0 saturated heterocycles. The minimum Gasteiger partial charge on any atom is -0.372 e. The van der Waals surface area contributed by atoms with Crippen molar-refractivity contribution in [3.05, 3.63) is 132 Å². The Hall–Kier alpha value is -4.02. The predicted molar refractivity (Wildman–Crippen MR) is 123 cm³/mol. The summed E-state index contributed by atoms with van der Waals surface area (Å²) in [7, 11) is 0. The molecule has 0 spiro atoms. The molecule has 0 atom stereocenters. The van der Waals surface area contributed by atoms with Gasteiger partial charge in [-0.3, -0.25) is 4.79 Å². The van der Waals surface area contributed by atoms with Crippen molar-refractivity contribution in [3.8, 4) is 11.1 Å². The summed E-state index contributed by atoms with van der Waals surface area (Å²) in [5, 5.41) is 15.5. The normalized spacial score (nSPS) is 11.4. The molecule has 0 aliphatic rings. The van der Waals surface area contributed by atoms with Gasteiger partial charge in [-0.2, -0.15) is 5.10 Å². The summed E-state index contributed by atoms with van der Waals surface area (Å²) in [6.07, 6.45) is 1.56. The zero-order valence-corrected chi connectivity index (χ0v) is 16.8. The van der Waals surface area contributed by atoms with Gasteiger partial charge in [-0.25, -0.2) is 5.43 Å². The molecule has 31 heavy (non-hydrogen) atoms. The summed E-state index contributed by atoms with van der Waals surface area (Å²) in [6.45, 7) is 0. The van der Waals surface area contributed by atoms with Crippen LogP contribution < -0.4 is 5.43 Å². The lowest BCUT2D eigenvalue weighted by Gasteiger charge is -2.27. The minimum absolute atomic E-state index is 0.473. The zero-order valence-electron chi connectivity index (χ0n) is 16.8. The van der Waals surface area contributed by atoms with E-state index in [1.807, 2.05) is 54.6 Å². The molecule has 0 bridgehead atoms. The zero-order chi connectivity index (χ0) is 21.5. The molecule has 0 aromatic heterocycles. The van der Waals surface area contributed by atoms with Crippen molar-refractivity contribution in [1.82, 2.24) is 5.43 Å². The standard InChI is InChI=1S/C27H22N2O2/c30-26(27(31,24-12-6-2-7-13-24)25-14-8-3-9-15-25)29-28-20-21-16-18-23(19-17-21)22-10-4-1-5-11-22/h1-20,31H,(H,29,30)/b28-20-. The van der Waals surface area contributed by atoms with Crippen LogP contribution in [-0.4, -0.2) is 17.2 Å². The highest BCUT2D eigenvalue weighted by molar-refractivity contribution is 5.91. The molecule has 4 nitrogen and oxygen atoms in total. The Bertz CT molecular complexity index is 1120. The first-order valence-corrected chi connectivity index (χ1v) is 10.0. The molecule has 4 aromatic carbocycles. The summed E-state index contributed by atoms with van der Waals surface area (Å²) in [4.78, 5) is 13.0. The number of hydrogen-bond acceptors (Lipinski definition) is 3. The number of amides is 1. The molecule has 0 aliphatic carbocycles. The van der Waals surface area contributed by atoms with Crippen molar-refractivity contribution in [3.63, 3.8) is 0 Å². The van der Waals surface area contributed by atoms with Gasteiger partial charge in [0.15, 0.2) is 5.60 Å². The monoisotopic (exact) mass is 406 g/mol. The quantitative estimate of drug-likeness (QED) is 0.359. The molecule has 0 saturated carbocycles. The fourth-order valence-corrected chi connectivity index (χ4v) is 3.43. The Morgan fingerprint density at radius 2 is 1.13 bits per heavy atom. The Balaban J connectivity index is 1.52. The van der Waals surface area contributed by atoms with Crippen molar-refractivity contribution in [2.24, 2.45) is 5.10 Å². The molecule has 0 heterocycles. The maximum Gasteiger partial charge on any atom is 0.281 e. The first kappa shape index (κ1) is 20.3. The lowest BCUT2D eigenvalue weighted by atomic mass is 9.85. The first-order chi connectivity index (χ1) is 15.2. The molecule has 2 N–H and O–H groups in total. The molecule has 0 radical (unpaired) electrons. The molecule has 4 rings (SSSR count). The molecule has 1 amide bonds. The van der Waals surface area contributed by atoms with Gasteiger partial charge >= 0.3 is 0 Å². The molecule has 0 fully saturated rings. The fourth-order valence-electron chi connectivity index (χ4n) is 3.43. The highest BCUT2D eigenvalue weighted by atomic mass is 16.3. The fraction of sp³-hybridized carbons (Fsp3) is 0.0370. The molecule has 4 aromatic rings. The van der Waals surface area contributed by atoms with E-state index in [1.165, 1.54) is 0 Å². The van der Waals surface area contributed by atoms with Crippen LogP contribution in [0.15, 0.2) is 120 Å². The van der Waals surface area contributed by atoms with E-state index >= 15 is 0 Å². The van der Waals surface area contributed by atoms with Crippen molar-refractivity contribution in [2.45, 2.75) is 5.60 Å². The number of aliphatic hydroxyl groups is 1. The summed E-state index contributed by atoms with van der Waals surface area (Å²) < 4.78 is 0. The van der Waals surface area contributed by atoms with Crippen molar-refractivity contribution in [1.29, 1.82) is 0 Å². The van der Waals surface area contributed by atoms with E-state index in [4.69, 9.17) is 0 Å². The number of carbonyl (C=O) groups is 1. The number of benzene rings is 4. The largest absolute Gasteiger partial charge is 0.372 e. The van der Waals surface area contributed by atoms with Crippen LogP contribution in [-0.2, 0) is 10.4 Å². The van der Waals surface area contributed by atoms with Crippen LogP contribution >= 0.6 is 0 Å². The van der Waals surface area contributed by atoms with E-state index in [2.05, 4.69) is 22.7 Å². The summed E-state index contributed by atoms with van der Waals surface area (Å²) in [5.74, 6) is -0.623. The third-order valence-electron chi connectivity index (χ3n) is 5.11. The van der Waals surface area contributed by atoms with Crippen LogP contribution in [0.5, 0.6) is 0 Å². The Morgan fingerprint density at radius 1 is 0.677 bits per heavy atom. The number of nitrogens with one attached hydrogen (secondary N) is 1. The van der Waals surface area contributed by atoms with Gasteiger partial charge in [0, 0.05) is 0 Å². The molecule has 0 aliphatic heterocycles. The molecule has 0 unspecified atom stereocenters. The number of nitrogens with zero attached hydrogens (tertiary/aromatic N) is 1. The van der Waals surface area contributed by atoms with E-state index in [1.54, 1.807) is 54.7 Å². The van der Waals surface area contributed by atoms with Gasteiger partial charge < -0.3 is 5.11 Å². The Morgan fingerprint density at radius 3 is 1.65 bits per heavy atom. The van der Waals surface area contributed by atoms with E-state index < -0.39 is 11.5 Å². The minimum atomic E-state index is -1.85. The molecule has 152 valence electrons. The lowest BCUT2D eigenvalue weighted by Crippen LogP contribution is -2.43. The maximum atomic E-state index is 13.0. The summed E-state index contributed by atoms with van der Waals surface area (Å²) in [6, 6.07) is 35.7. The average Bonchev–Trinajstić information content (AvgIpc) is 2.85. The number of hydrazone groups is 1. The average molecular weight is 406 g/mol. The third-order valence-corrected chi connectivity index (χ3v) is 5.11. The second-order valence-corrected chi connectivity index (χ2v) is 7.13. The van der Waals surface area contributed by atoms with E-state index in [0.717, 1.165) is 16.7 Å². The van der Waals surface area contributed by atoms with Crippen molar-refractivity contribution < 1.29 is 9.90 Å². The number of hydrogen-bond donors (Lipinski definition) is 2. The lowest BCUT2D eigenvalue weighted by molar-refractivity contribution is -0.136. The van der Waals surface area contributed by atoms with Gasteiger partial charge in [0.2, 0.25) is 0 Å². The second-order valence-electron chi connectivity index (χ2n) is 7.13. The van der Waals surface area contributed by atoms with Crippen molar-refractivity contribution in [2.75, 3.05) is 0 Å².